The molecular weight excluding hydrogens is 1310 g/mol. The van der Waals surface area contributed by atoms with Gasteiger partial charge in [0.25, 0.3) is 0 Å². The van der Waals surface area contributed by atoms with Crippen molar-refractivity contribution in [3.8, 4) is 0 Å². The van der Waals surface area contributed by atoms with Crippen LogP contribution in [0.3, 0.4) is 0 Å². The van der Waals surface area contributed by atoms with E-state index in [9.17, 15) is 43.2 Å². The van der Waals surface area contributed by atoms with Crippen molar-refractivity contribution in [1.29, 1.82) is 0 Å². The molecular formula is C81H148O17P2. The van der Waals surface area contributed by atoms with E-state index in [2.05, 4.69) is 76.3 Å². The van der Waals surface area contributed by atoms with Gasteiger partial charge in [-0.15, -0.1) is 0 Å². The smallest absolute Gasteiger partial charge is 0.462 e. The largest absolute Gasteiger partial charge is 0.472 e. The number of esters is 4. The second-order valence-corrected chi connectivity index (χ2v) is 30.3. The van der Waals surface area contributed by atoms with Crippen LogP contribution in [-0.4, -0.2) is 96.7 Å². The molecule has 3 N–H and O–H groups in total. The summed E-state index contributed by atoms with van der Waals surface area (Å²) in [6.07, 6.45) is 73.4. The number of allylic oxidation sites excluding steroid dienone is 10. The van der Waals surface area contributed by atoms with Gasteiger partial charge >= 0.3 is 39.5 Å². The van der Waals surface area contributed by atoms with Crippen LogP contribution in [0.15, 0.2) is 60.8 Å². The zero-order valence-corrected chi connectivity index (χ0v) is 65.7. The first kappa shape index (κ1) is 96.8. The maximum absolute atomic E-state index is 13.1. The molecule has 0 amide bonds. The number of carbonyl (C=O) groups excluding carboxylic acids is 4. The molecule has 0 fully saturated rings. The molecule has 0 bridgehead atoms. The number of aliphatic hydroxyl groups excluding tert-OH is 1. The highest BCUT2D eigenvalue weighted by Crippen LogP contribution is 2.45. The number of hydrogen-bond donors (Lipinski definition) is 3. The third-order valence-electron chi connectivity index (χ3n) is 17.5. The SMILES string of the molecule is CCCCC/C=C\C/C=C\C/C=C\C/C=C\CCCC(=O)O[C@H](COC(=O)CCCCCCC/C=C\CCCCCCCC)COP(=O)(O)OC[C@@H](O)COP(=O)(O)OC[C@@H](COC(=O)CCCCCCCCCCCCCCCCC)OC(=O)CCCCCCCCCCCCCCC. The lowest BCUT2D eigenvalue weighted by molar-refractivity contribution is -0.161. The van der Waals surface area contributed by atoms with Gasteiger partial charge in [-0.1, -0.05) is 320 Å². The van der Waals surface area contributed by atoms with Gasteiger partial charge in [0.1, 0.15) is 19.3 Å². The number of rotatable bonds is 77. The number of ether oxygens (including phenoxy) is 4. The Hall–Kier alpha value is -3.24. The van der Waals surface area contributed by atoms with E-state index in [1.807, 2.05) is 12.2 Å². The molecule has 2 unspecified atom stereocenters. The molecule has 0 aliphatic rings. The van der Waals surface area contributed by atoms with Gasteiger partial charge in [-0.25, -0.2) is 9.13 Å². The quantitative estimate of drug-likeness (QED) is 0.0169. The molecule has 584 valence electrons. The molecule has 0 spiro atoms. The van der Waals surface area contributed by atoms with Crippen LogP contribution < -0.4 is 0 Å². The number of unbranched alkanes of at least 4 members (excludes halogenated alkanes) is 41. The first-order chi connectivity index (χ1) is 48.7. The van der Waals surface area contributed by atoms with E-state index in [4.69, 9.17) is 37.0 Å². The van der Waals surface area contributed by atoms with Crippen molar-refractivity contribution in [3.63, 3.8) is 0 Å². The van der Waals surface area contributed by atoms with Crippen molar-refractivity contribution in [2.75, 3.05) is 39.6 Å². The van der Waals surface area contributed by atoms with Crippen molar-refractivity contribution in [3.05, 3.63) is 60.8 Å². The first-order valence-electron chi connectivity index (χ1n) is 40.5. The highest BCUT2D eigenvalue weighted by molar-refractivity contribution is 7.47. The molecule has 0 heterocycles. The summed E-state index contributed by atoms with van der Waals surface area (Å²) in [5.41, 5.74) is 0. The van der Waals surface area contributed by atoms with E-state index in [0.717, 1.165) is 109 Å². The van der Waals surface area contributed by atoms with Crippen molar-refractivity contribution >= 4 is 39.5 Å². The Bertz CT molecular complexity index is 2130. The van der Waals surface area contributed by atoms with Gasteiger partial charge in [-0.2, -0.15) is 0 Å². The third-order valence-corrected chi connectivity index (χ3v) is 19.4. The van der Waals surface area contributed by atoms with E-state index in [1.54, 1.807) is 0 Å². The molecule has 0 aliphatic carbocycles. The predicted octanol–water partition coefficient (Wildman–Crippen LogP) is 23.5. The average Bonchev–Trinajstić information content (AvgIpc) is 0.962. The second-order valence-electron chi connectivity index (χ2n) is 27.4. The molecule has 0 saturated carbocycles. The Kier molecular flexibility index (Phi) is 71.6. The maximum atomic E-state index is 13.1. The number of phosphoric ester groups is 2. The summed E-state index contributed by atoms with van der Waals surface area (Å²) in [6, 6.07) is 0. The van der Waals surface area contributed by atoms with Crippen LogP contribution in [0, 0.1) is 0 Å². The molecule has 0 aromatic carbocycles. The molecule has 17 nitrogen and oxygen atoms in total. The number of aliphatic hydroxyl groups is 1. The zero-order chi connectivity index (χ0) is 73.2. The lowest BCUT2D eigenvalue weighted by Crippen LogP contribution is -2.30. The Morgan fingerprint density at radius 2 is 0.500 bits per heavy atom. The Morgan fingerprint density at radius 1 is 0.280 bits per heavy atom. The molecule has 0 aliphatic heterocycles. The minimum Gasteiger partial charge on any atom is -0.462 e. The molecule has 19 heteroatoms. The molecule has 0 saturated heterocycles. The molecule has 0 aromatic heterocycles. The van der Waals surface area contributed by atoms with Gasteiger partial charge in [0.15, 0.2) is 12.2 Å². The van der Waals surface area contributed by atoms with Crippen molar-refractivity contribution in [2.45, 2.75) is 393 Å². The van der Waals surface area contributed by atoms with Gasteiger partial charge in [-0.05, 0) is 89.9 Å². The number of hydrogen-bond acceptors (Lipinski definition) is 15. The number of phosphoric acid groups is 2. The fourth-order valence-electron chi connectivity index (χ4n) is 11.3. The van der Waals surface area contributed by atoms with E-state index >= 15 is 0 Å². The lowest BCUT2D eigenvalue weighted by atomic mass is 10.0. The molecule has 5 atom stereocenters. The van der Waals surface area contributed by atoms with E-state index in [-0.39, 0.29) is 25.7 Å². The Balaban J connectivity index is 5.37. The minimum atomic E-state index is -4.99. The standard InChI is InChI=1S/C81H148O17P2/c1-5-9-13-17-21-25-29-33-36-37-40-44-48-52-56-60-64-68-81(86)98-77(72-92-79(84)66-62-58-54-50-46-43-39-35-31-27-23-19-15-11-7-3)74-96-100(89,90)94-70-75(82)69-93-99(87,88)95-73-76(97-80(85)67-63-59-55-51-47-41-32-28-24-20-16-12-8-4)71-91-78(83)65-61-57-53-49-45-42-38-34-30-26-22-18-14-10-6-2/h21,25,33,35-36,39-40,44,52,56,75-77,82H,5-20,22-24,26-32,34,37-38,41-43,45-51,53-55,57-74H2,1-4H3,(H,87,88)(H,89,90)/b25-21-,36-33-,39-35-,44-40-,56-52-/t75-,76+,77+/m0/s1. The summed E-state index contributed by atoms with van der Waals surface area (Å²) < 4.78 is 68.6. The number of carbonyl (C=O) groups is 4. The Morgan fingerprint density at radius 3 is 0.820 bits per heavy atom. The summed E-state index contributed by atoms with van der Waals surface area (Å²) in [4.78, 5) is 73.0. The van der Waals surface area contributed by atoms with Crippen LogP contribution in [0.2, 0.25) is 0 Å². The second kappa shape index (κ2) is 74.0. The molecule has 0 radical (unpaired) electrons. The van der Waals surface area contributed by atoms with E-state index in [0.29, 0.717) is 32.1 Å². The van der Waals surface area contributed by atoms with Crippen LogP contribution in [0.1, 0.15) is 374 Å². The maximum Gasteiger partial charge on any atom is 0.472 e. The summed E-state index contributed by atoms with van der Waals surface area (Å²) in [5, 5.41) is 10.6. The molecule has 0 aromatic rings. The monoisotopic (exact) mass is 1460 g/mol. The van der Waals surface area contributed by atoms with Gasteiger partial charge in [0.2, 0.25) is 0 Å². The summed E-state index contributed by atoms with van der Waals surface area (Å²) >= 11 is 0. The summed E-state index contributed by atoms with van der Waals surface area (Å²) in [7, 11) is -9.96. The van der Waals surface area contributed by atoms with Crippen LogP contribution in [0.25, 0.3) is 0 Å². The van der Waals surface area contributed by atoms with Crippen molar-refractivity contribution < 1.29 is 80.2 Å². The minimum absolute atomic E-state index is 0.0215. The van der Waals surface area contributed by atoms with Crippen LogP contribution in [-0.2, 0) is 65.4 Å². The Labute approximate surface area is 610 Å². The highest BCUT2D eigenvalue weighted by Gasteiger charge is 2.30. The van der Waals surface area contributed by atoms with Gasteiger partial charge in [-0.3, -0.25) is 37.3 Å². The van der Waals surface area contributed by atoms with E-state index < -0.39 is 97.5 Å². The summed E-state index contributed by atoms with van der Waals surface area (Å²) in [5.74, 6) is -2.21. The normalized spacial score (nSPS) is 14.2. The first-order valence-corrected chi connectivity index (χ1v) is 43.5. The van der Waals surface area contributed by atoms with Crippen LogP contribution in [0.5, 0.6) is 0 Å². The average molecular weight is 1460 g/mol. The topological polar surface area (TPSA) is 237 Å². The van der Waals surface area contributed by atoms with Crippen molar-refractivity contribution in [2.24, 2.45) is 0 Å². The summed E-state index contributed by atoms with van der Waals surface area (Å²) in [6.45, 7) is 4.85. The fraction of sp³-hybridized carbons (Fsp3) is 0.827. The van der Waals surface area contributed by atoms with Crippen molar-refractivity contribution in [1.82, 2.24) is 0 Å². The van der Waals surface area contributed by atoms with Crippen LogP contribution in [0.4, 0.5) is 0 Å². The lowest BCUT2D eigenvalue weighted by Gasteiger charge is -2.21. The highest BCUT2D eigenvalue weighted by atomic mass is 31.2. The zero-order valence-electron chi connectivity index (χ0n) is 63.9. The third kappa shape index (κ3) is 73.1. The molecule has 100 heavy (non-hydrogen) atoms. The van der Waals surface area contributed by atoms with Gasteiger partial charge < -0.3 is 33.8 Å². The van der Waals surface area contributed by atoms with E-state index in [1.165, 1.54) is 180 Å². The van der Waals surface area contributed by atoms with Gasteiger partial charge in [0.05, 0.1) is 26.4 Å². The predicted molar refractivity (Wildman–Crippen MR) is 409 cm³/mol. The van der Waals surface area contributed by atoms with Gasteiger partial charge in [0, 0.05) is 25.7 Å². The van der Waals surface area contributed by atoms with Crippen LogP contribution >= 0.6 is 15.6 Å². The fourth-order valence-corrected chi connectivity index (χ4v) is 12.8. The molecule has 0 rings (SSSR count).